The van der Waals surface area contributed by atoms with Crippen molar-refractivity contribution in [3.05, 3.63) is 24.3 Å². The molecule has 1 N–H and O–H groups in total. The van der Waals surface area contributed by atoms with Crippen LogP contribution in [-0.4, -0.2) is 45.0 Å². The number of para-hydroxylation sites is 1. The van der Waals surface area contributed by atoms with Crippen LogP contribution >= 0.6 is 0 Å². The van der Waals surface area contributed by atoms with Crippen molar-refractivity contribution in [1.82, 2.24) is 9.62 Å². The maximum Gasteiger partial charge on any atom is 0.247 e. The second-order valence-electron chi connectivity index (χ2n) is 4.84. The van der Waals surface area contributed by atoms with E-state index in [1.165, 1.54) is 7.11 Å². The fraction of sp³-hybridized carbons (Fsp3) is 0.538. The van der Waals surface area contributed by atoms with Gasteiger partial charge in [-0.3, -0.25) is 0 Å². The van der Waals surface area contributed by atoms with E-state index in [0.29, 0.717) is 18.8 Å². The zero-order valence-electron chi connectivity index (χ0n) is 11.5. The number of rotatable bonds is 3. The molecule has 1 heterocycles. The predicted octanol–water partition coefficient (Wildman–Crippen LogP) is 1.07. The highest BCUT2D eigenvalue weighted by Crippen LogP contribution is 2.29. The van der Waals surface area contributed by atoms with Gasteiger partial charge in [0.05, 0.1) is 7.11 Å². The predicted molar refractivity (Wildman–Crippen MR) is 73.8 cm³/mol. The zero-order valence-corrected chi connectivity index (χ0v) is 12.3. The standard InChI is InChI=1S/C13H20N2O3S/c1-10-8-14-9-11(2)15(10)19(16,17)13-7-5-4-6-12(13)18-3/h4-7,10-11,14H,8-9H2,1-3H3. The van der Waals surface area contributed by atoms with E-state index in [0.717, 1.165) is 0 Å². The molecule has 0 aromatic heterocycles. The Labute approximate surface area is 114 Å². The Morgan fingerprint density at radius 1 is 1.21 bits per heavy atom. The lowest BCUT2D eigenvalue weighted by molar-refractivity contribution is 0.219. The van der Waals surface area contributed by atoms with Crippen LogP contribution in [0.1, 0.15) is 13.8 Å². The maximum absolute atomic E-state index is 12.8. The number of hydrogen-bond donors (Lipinski definition) is 1. The minimum atomic E-state index is -3.53. The fourth-order valence-electron chi connectivity index (χ4n) is 2.53. The lowest BCUT2D eigenvalue weighted by atomic mass is 10.2. The van der Waals surface area contributed by atoms with Crippen LogP contribution < -0.4 is 10.1 Å². The van der Waals surface area contributed by atoms with E-state index >= 15 is 0 Å². The Bertz CT molecular complexity index is 535. The van der Waals surface area contributed by atoms with Crippen molar-refractivity contribution in [1.29, 1.82) is 0 Å². The Kier molecular flexibility index (Phi) is 4.13. The van der Waals surface area contributed by atoms with E-state index < -0.39 is 10.0 Å². The molecule has 0 radical (unpaired) electrons. The van der Waals surface area contributed by atoms with Crippen molar-refractivity contribution in [3.8, 4) is 5.75 Å². The van der Waals surface area contributed by atoms with Gasteiger partial charge >= 0.3 is 0 Å². The minimum absolute atomic E-state index is 0.0707. The molecule has 0 amide bonds. The third-order valence-electron chi connectivity index (χ3n) is 3.37. The molecular weight excluding hydrogens is 264 g/mol. The summed E-state index contributed by atoms with van der Waals surface area (Å²) in [6.45, 7) is 5.16. The van der Waals surface area contributed by atoms with Crippen LogP contribution in [0.3, 0.4) is 0 Å². The monoisotopic (exact) mass is 284 g/mol. The molecule has 2 atom stereocenters. The zero-order chi connectivity index (χ0) is 14.0. The second kappa shape index (κ2) is 5.48. The summed E-state index contributed by atoms with van der Waals surface area (Å²) in [7, 11) is -2.05. The molecule has 19 heavy (non-hydrogen) atoms. The third kappa shape index (κ3) is 2.61. The molecule has 1 fully saturated rings. The van der Waals surface area contributed by atoms with Crippen LogP contribution in [0, 0.1) is 0 Å². The Balaban J connectivity index is 2.46. The number of ether oxygens (including phenoxy) is 1. The highest BCUT2D eigenvalue weighted by atomic mass is 32.2. The van der Waals surface area contributed by atoms with Crippen molar-refractivity contribution < 1.29 is 13.2 Å². The third-order valence-corrected chi connectivity index (χ3v) is 5.54. The number of hydrogen-bond acceptors (Lipinski definition) is 4. The summed E-state index contributed by atoms with van der Waals surface area (Å²) >= 11 is 0. The molecule has 1 aliphatic heterocycles. The van der Waals surface area contributed by atoms with Crippen LogP contribution in [0.15, 0.2) is 29.2 Å². The molecule has 0 saturated carbocycles. The van der Waals surface area contributed by atoms with Crippen LogP contribution in [0.2, 0.25) is 0 Å². The molecule has 2 rings (SSSR count). The Morgan fingerprint density at radius 3 is 2.37 bits per heavy atom. The lowest BCUT2D eigenvalue weighted by Gasteiger charge is -2.38. The largest absolute Gasteiger partial charge is 0.495 e. The van der Waals surface area contributed by atoms with Crippen LogP contribution in [0.5, 0.6) is 5.75 Å². The number of sulfonamides is 1. The van der Waals surface area contributed by atoms with Gasteiger partial charge in [-0.05, 0) is 26.0 Å². The Morgan fingerprint density at radius 2 is 1.79 bits per heavy atom. The highest BCUT2D eigenvalue weighted by molar-refractivity contribution is 7.89. The lowest BCUT2D eigenvalue weighted by Crippen LogP contribution is -2.57. The van der Waals surface area contributed by atoms with Crippen molar-refractivity contribution >= 4 is 10.0 Å². The summed E-state index contributed by atoms with van der Waals surface area (Å²) in [5, 5.41) is 3.23. The number of nitrogens with zero attached hydrogens (tertiary/aromatic N) is 1. The summed E-state index contributed by atoms with van der Waals surface area (Å²) in [5.41, 5.74) is 0. The van der Waals surface area contributed by atoms with Gasteiger partial charge in [0.2, 0.25) is 10.0 Å². The average molecular weight is 284 g/mol. The van der Waals surface area contributed by atoms with E-state index in [2.05, 4.69) is 5.32 Å². The van der Waals surface area contributed by atoms with E-state index in [4.69, 9.17) is 4.74 Å². The van der Waals surface area contributed by atoms with Crippen LogP contribution in [0.25, 0.3) is 0 Å². The normalized spacial score (nSPS) is 25.2. The van der Waals surface area contributed by atoms with Gasteiger partial charge in [-0.25, -0.2) is 8.42 Å². The first kappa shape index (κ1) is 14.3. The van der Waals surface area contributed by atoms with Gasteiger partial charge in [0.1, 0.15) is 10.6 Å². The summed E-state index contributed by atoms with van der Waals surface area (Å²) in [5.74, 6) is 0.389. The molecule has 0 bridgehead atoms. The van der Waals surface area contributed by atoms with Crippen LogP contribution in [-0.2, 0) is 10.0 Å². The molecular formula is C13H20N2O3S. The van der Waals surface area contributed by atoms with Crippen molar-refractivity contribution in [2.24, 2.45) is 0 Å². The molecule has 0 aliphatic carbocycles. The number of methoxy groups -OCH3 is 1. The summed E-state index contributed by atoms with van der Waals surface area (Å²) in [4.78, 5) is 0.234. The van der Waals surface area contributed by atoms with E-state index in [1.807, 2.05) is 13.8 Å². The number of nitrogens with one attached hydrogen (secondary N) is 1. The number of benzene rings is 1. The van der Waals surface area contributed by atoms with Crippen LogP contribution in [0.4, 0.5) is 0 Å². The molecule has 0 spiro atoms. The SMILES string of the molecule is COc1ccccc1S(=O)(=O)N1C(C)CNCC1C. The van der Waals surface area contributed by atoms with Crippen molar-refractivity contribution in [2.75, 3.05) is 20.2 Å². The molecule has 5 nitrogen and oxygen atoms in total. The molecule has 1 aromatic carbocycles. The number of piperazine rings is 1. The van der Waals surface area contributed by atoms with E-state index in [-0.39, 0.29) is 17.0 Å². The second-order valence-corrected chi connectivity index (χ2v) is 6.65. The quantitative estimate of drug-likeness (QED) is 0.902. The first-order chi connectivity index (χ1) is 8.98. The fourth-order valence-corrected chi connectivity index (χ4v) is 4.51. The van der Waals surface area contributed by atoms with Gasteiger partial charge in [0.15, 0.2) is 0 Å². The Hall–Kier alpha value is -1.11. The maximum atomic E-state index is 12.8. The van der Waals surface area contributed by atoms with Gasteiger partial charge in [0, 0.05) is 25.2 Å². The van der Waals surface area contributed by atoms with Gasteiger partial charge in [-0.1, -0.05) is 12.1 Å². The summed E-state index contributed by atoms with van der Waals surface area (Å²) in [6, 6.07) is 6.60. The molecule has 6 heteroatoms. The van der Waals surface area contributed by atoms with Gasteiger partial charge in [-0.15, -0.1) is 0 Å². The summed E-state index contributed by atoms with van der Waals surface area (Å²) in [6.07, 6.45) is 0. The molecule has 1 saturated heterocycles. The first-order valence-corrected chi connectivity index (χ1v) is 7.79. The molecule has 106 valence electrons. The summed E-state index contributed by atoms with van der Waals surface area (Å²) < 4.78 is 32.4. The van der Waals surface area contributed by atoms with Gasteiger partial charge in [0.25, 0.3) is 0 Å². The van der Waals surface area contributed by atoms with E-state index in [9.17, 15) is 8.42 Å². The molecule has 2 unspecified atom stereocenters. The van der Waals surface area contributed by atoms with Crippen molar-refractivity contribution in [2.45, 2.75) is 30.8 Å². The molecule has 1 aliphatic rings. The smallest absolute Gasteiger partial charge is 0.247 e. The topological polar surface area (TPSA) is 58.6 Å². The minimum Gasteiger partial charge on any atom is -0.495 e. The average Bonchev–Trinajstić information content (AvgIpc) is 2.38. The van der Waals surface area contributed by atoms with E-state index in [1.54, 1.807) is 28.6 Å². The highest BCUT2D eigenvalue weighted by Gasteiger charge is 2.36. The first-order valence-electron chi connectivity index (χ1n) is 6.35. The van der Waals surface area contributed by atoms with Crippen molar-refractivity contribution in [3.63, 3.8) is 0 Å². The van der Waals surface area contributed by atoms with Gasteiger partial charge in [-0.2, -0.15) is 4.31 Å². The molecule has 1 aromatic rings. The van der Waals surface area contributed by atoms with Gasteiger partial charge < -0.3 is 10.1 Å².